The number of ketones is 5. The van der Waals surface area contributed by atoms with Gasteiger partial charge in [0.1, 0.15) is 29.3 Å². The molecule has 48 heavy (non-hydrogen) atoms. The van der Waals surface area contributed by atoms with Gasteiger partial charge in [-0.3, -0.25) is 24.0 Å². The third-order valence-corrected chi connectivity index (χ3v) is 9.31. The molecule has 13 nitrogen and oxygen atoms in total. The number of Topliss-reactive ketones (excluding diaryl/α,β-unsaturated/α-hetero) is 4. The Morgan fingerprint density at radius 1 is 0.958 bits per heavy atom. The fourth-order valence-corrected chi connectivity index (χ4v) is 6.95. The molecule has 13 heteroatoms. The molecule has 2 aromatic rings. The summed E-state index contributed by atoms with van der Waals surface area (Å²) in [6, 6.07) is 2.78. The highest BCUT2D eigenvalue weighted by Crippen LogP contribution is 2.52. The Kier molecular flexibility index (Phi) is 9.24. The molecule has 4 N–H and O–H groups in total. The number of fused-ring (bicyclic) bond motifs is 5. The maximum atomic E-state index is 14.0. The van der Waals surface area contributed by atoms with Gasteiger partial charge >= 0.3 is 5.97 Å². The Bertz CT molecular complexity index is 1870. The van der Waals surface area contributed by atoms with E-state index in [2.05, 4.69) is 0 Å². The fourth-order valence-electron chi connectivity index (χ4n) is 6.95. The maximum Gasteiger partial charge on any atom is 0.341 e. The summed E-state index contributed by atoms with van der Waals surface area (Å²) in [4.78, 5) is 76.9. The number of nitrogens with two attached hydrogens (primary N) is 1. The minimum atomic E-state index is -1.22. The standard InChI is InChI=1S/C27H21NO8.C8H14O4/c1-4-10-6-11-5-9(2)16(27(35)36-3)24(32)18(11)21-17(10)25(33)20-13(23(21)31)7-12-19(26(20)34)15(29)8-14(28)22(12)30;1-5-8(11-3)7(9)6(10-2)4-12-5/h4-5,7-8,17,21,32,34H,6,28H2,1-3H3;5-6,8H,4H2,1-3H3/b10-4-;/t;5-,6-,8?/m.0/s1. The zero-order valence-electron chi connectivity index (χ0n) is 27.2. The van der Waals surface area contributed by atoms with Gasteiger partial charge in [0.25, 0.3) is 0 Å². The van der Waals surface area contributed by atoms with Crippen LogP contribution in [-0.4, -0.2) is 91.3 Å². The molecule has 2 aromatic carbocycles. The predicted molar refractivity (Wildman–Crippen MR) is 168 cm³/mol. The van der Waals surface area contributed by atoms with Gasteiger partial charge in [-0.25, -0.2) is 4.79 Å². The van der Waals surface area contributed by atoms with Crippen LogP contribution in [0.5, 0.6) is 11.5 Å². The number of methoxy groups -OCH3 is 3. The number of esters is 1. The number of phenolic OH excluding ortho intramolecular Hbond substituents is 2. The summed E-state index contributed by atoms with van der Waals surface area (Å²) < 4.78 is 20.0. The average Bonchev–Trinajstić information content (AvgIpc) is 3.05. The number of rotatable bonds is 3. The Morgan fingerprint density at radius 3 is 2.25 bits per heavy atom. The van der Waals surface area contributed by atoms with Crippen molar-refractivity contribution in [3.05, 3.63) is 80.1 Å². The van der Waals surface area contributed by atoms with Crippen LogP contribution in [0, 0.1) is 12.8 Å². The number of allylic oxidation sites excluding steroid dienone is 4. The number of hydrogen-bond acceptors (Lipinski definition) is 13. The predicted octanol–water partition coefficient (Wildman–Crippen LogP) is 2.70. The highest BCUT2D eigenvalue weighted by atomic mass is 16.6. The number of ether oxygens (including phenoxy) is 4. The van der Waals surface area contributed by atoms with Crippen LogP contribution < -0.4 is 5.73 Å². The Labute approximate surface area is 275 Å². The molecule has 0 bridgehead atoms. The smallest absolute Gasteiger partial charge is 0.341 e. The van der Waals surface area contributed by atoms with E-state index in [9.17, 15) is 39.0 Å². The molecule has 1 aliphatic heterocycles. The quantitative estimate of drug-likeness (QED) is 0.320. The first-order chi connectivity index (χ1) is 22.7. The first-order valence-electron chi connectivity index (χ1n) is 15.1. The van der Waals surface area contributed by atoms with Crippen LogP contribution in [0.15, 0.2) is 35.6 Å². The van der Waals surface area contributed by atoms with Crippen molar-refractivity contribution < 1.29 is 57.9 Å². The second-order valence-corrected chi connectivity index (χ2v) is 11.9. The number of aromatic hydroxyl groups is 2. The van der Waals surface area contributed by atoms with E-state index in [4.69, 9.17) is 24.7 Å². The lowest BCUT2D eigenvalue weighted by Crippen LogP contribution is -2.50. The van der Waals surface area contributed by atoms with E-state index in [0.29, 0.717) is 23.3 Å². The van der Waals surface area contributed by atoms with Gasteiger partial charge in [-0.2, -0.15) is 0 Å². The van der Waals surface area contributed by atoms with E-state index in [0.717, 1.165) is 19.3 Å². The van der Waals surface area contributed by atoms with Crippen molar-refractivity contribution in [2.24, 2.45) is 11.7 Å². The molecule has 4 aliphatic rings. The molecule has 0 aromatic heterocycles. The molecule has 6 rings (SSSR count). The van der Waals surface area contributed by atoms with Crippen molar-refractivity contribution in [2.45, 2.75) is 51.4 Å². The maximum absolute atomic E-state index is 14.0. The van der Waals surface area contributed by atoms with Crippen LogP contribution in [0.4, 0.5) is 0 Å². The van der Waals surface area contributed by atoms with Crippen molar-refractivity contribution in [1.82, 2.24) is 0 Å². The molecular weight excluding hydrogens is 626 g/mol. The van der Waals surface area contributed by atoms with E-state index in [1.165, 1.54) is 14.2 Å². The highest BCUT2D eigenvalue weighted by Gasteiger charge is 2.51. The average molecular weight is 662 g/mol. The number of aryl methyl sites for hydroxylation is 1. The Hall–Kier alpha value is -4.98. The van der Waals surface area contributed by atoms with E-state index in [1.54, 1.807) is 26.0 Å². The third-order valence-electron chi connectivity index (χ3n) is 9.31. The van der Waals surface area contributed by atoms with Gasteiger partial charge in [0.15, 0.2) is 23.1 Å². The van der Waals surface area contributed by atoms with Crippen LogP contribution in [-0.2, 0) is 30.2 Å². The van der Waals surface area contributed by atoms with Gasteiger partial charge in [0.2, 0.25) is 5.78 Å². The van der Waals surface area contributed by atoms with E-state index >= 15 is 0 Å². The second kappa shape index (κ2) is 12.9. The number of carbonyl (C=O) groups excluding carboxylic acids is 6. The third kappa shape index (κ3) is 5.24. The zero-order chi connectivity index (χ0) is 35.4. The largest absolute Gasteiger partial charge is 0.507 e. The zero-order valence-corrected chi connectivity index (χ0v) is 27.2. The van der Waals surface area contributed by atoms with Crippen molar-refractivity contribution >= 4 is 34.9 Å². The molecule has 3 aliphatic carbocycles. The summed E-state index contributed by atoms with van der Waals surface area (Å²) in [6.07, 6.45) is 1.67. The summed E-state index contributed by atoms with van der Waals surface area (Å²) in [6.45, 7) is 5.48. The van der Waals surface area contributed by atoms with E-state index < -0.39 is 64.6 Å². The van der Waals surface area contributed by atoms with Crippen LogP contribution >= 0.6 is 0 Å². The van der Waals surface area contributed by atoms with Gasteiger partial charge in [-0.05, 0) is 44.4 Å². The van der Waals surface area contributed by atoms with Gasteiger partial charge in [0.05, 0.1) is 48.5 Å². The molecule has 1 saturated heterocycles. The molecule has 0 amide bonds. The first kappa shape index (κ1) is 34.4. The molecule has 0 spiro atoms. The van der Waals surface area contributed by atoms with Gasteiger partial charge in [0, 0.05) is 37.0 Å². The second-order valence-electron chi connectivity index (χ2n) is 11.9. The molecule has 1 heterocycles. The normalized spacial score (nSPS) is 25.3. The van der Waals surface area contributed by atoms with E-state index in [-0.39, 0.29) is 57.4 Å². The van der Waals surface area contributed by atoms with Crippen LogP contribution in [0.3, 0.4) is 0 Å². The van der Waals surface area contributed by atoms with E-state index in [1.807, 2.05) is 6.92 Å². The summed E-state index contributed by atoms with van der Waals surface area (Å²) in [5.41, 5.74) is 5.64. The molecular formula is C35H35NO12. The summed E-state index contributed by atoms with van der Waals surface area (Å²) >= 11 is 0. The Balaban J connectivity index is 0.000000318. The number of benzene rings is 2. The number of carbonyl (C=O) groups is 6. The molecule has 252 valence electrons. The van der Waals surface area contributed by atoms with Gasteiger partial charge < -0.3 is 34.9 Å². The molecule has 0 radical (unpaired) electrons. The van der Waals surface area contributed by atoms with Crippen molar-refractivity contribution in [1.29, 1.82) is 0 Å². The monoisotopic (exact) mass is 661 g/mol. The number of hydrogen-bond donors (Lipinski definition) is 3. The fraction of sp³-hybridized carbons (Fsp3) is 0.371. The van der Waals surface area contributed by atoms with Crippen molar-refractivity contribution in [3.63, 3.8) is 0 Å². The first-order valence-corrected chi connectivity index (χ1v) is 15.1. The SMILES string of the molecule is C/C=C1/Cc2cc(C)c(C(=O)OC)c(O)c2C2C(=O)c3cc4c(c(O)c3C(=O)C12)C(=O)C=C(N)C4=O.COC1C(=O)[C@@H](OC)CO[C@H]1C. The van der Waals surface area contributed by atoms with Crippen LogP contribution in [0.2, 0.25) is 0 Å². The topological polar surface area (TPSA) is 206 Å². The van der Waals surface area contributed by atoms with Crippen molar-refractivity contribution in [2.75, 3.05) is 27.9 Å². The summed E-state index contributed by atoms with van der Waals surface area (Å²) in [7, 11) is 4.16. The lowest BCUT2D eigenvalue weighted by atomic mass is 9.61. The lowest BCUT2D eigenvalue weighted by molar-refractivity contribution is -0.168. The molecule has 1 fully saturated rings. The molecule has 5 atom stereocenters. The Morgan fingerprint density at radius 2 is 1.65 bits per heavy atom. The van der Waals surface area contributed by atoms with Crippen LogP contribution in [0.25, 0.3) is 0 Å². The van der Waals surface area contributed by atoms with Gasteiger partial charge in [-0.15, -0.1) is 0 Å². The van der Waals surface area contributed by atoms with Gasteiger partial charge in [-0.1, -0.05) is 17.7 Å². The summed E-state index contributed by atoms with van der Waals surface area (Å²) in [5.74, 6) is -7.10. The van der Waals surface area contributed by atoms with Crippen LogP contribution in [0.1, 0.15) is 88.2 Å². The minimum absolute atomic E-state index is 0.0289. The van der Waals surface area contributed by atoms with Crippen molar-refractivity contribution in [3.8, 4) is 11.5 Å². The lowest BCUT2D eigenvalue weighted by Gasteiger charge is -2.39. The number of phenols is 2. The summed E-state index contributed by atoms with van der Waals surface area (Å²) in [5, 5.41) is 22.2. The minimum Gasteiger partial charge on any atom is -0.507 e. The molecule has 3 unspecified atom stereocenters. The molecule has 0 saturated carbocycles. The highest BCUT2D eigenvalue weighted by molar-refractivity contribution is 6.29.